The minimum atomic E-state index is -0.846. The van der Waals surface area contributed by atoms with Crippen molar-refractivity contribution in [2.75, 3.05) is 6.61 Å². The van der Waals surface area contributed by atoms with Gasteiger partial charge in [-0.1, -0.05) is 24.3 Å². The van der Waals surface area contributed by atoms with Crippen molar-refractivity contribution in [1.82, 2.24) is 4.90 Å². The Labute approximate surface area is 166 Å². The number of rotatable bonds is 2. The maximum absolute atomic E-state index is 13.6. The third-order valence-electron chi connectivity index (χ3n) is 6.60. The minimum absolute atomic E-state index is 0.0988. The topological polar surface area (TPSA) is 55.8 Å². The summed E-state index contributed by atoms with van der Waals surface area (Å²) in [6.45, 7) is 0.302. The van der Waals surface area contributed by atoms with Gasteiger partial charge in [0.25, 0.3) is 0 Å². The second-order valence-corrected chi connectivity index (χ2v) is 8.00. The van der Waals surface area contributed by atoms with Gasteiger partial charge in [-0.05, 0) is 41.5 Å². The number of ether oxygens (including phenoxy) is 2. The Morgan fingerprint density at radius 3 is 2.72 bits per heavy atom. The van der Waals surface area contributed by atoms with E-state index in [1.807, 2.05) is 41.4 Å². The lowest BCUT2D eigenvalue weighted by atomic mass is 9.75. The molecule has 5 nitrogen and oxygen atoms in total. The zero-order chi connectivity index (χ0) is 19.7. The van der Waals surface area contributed by atoms with Gasteiger partial charge in [0.1, 0.15) is 5.82 Å². The molecule has 4 heterocycles. The highest BCUT2D eigenvalue weighted by Crippen LogP contribution is 2.54. The summed E-state index contributed by atoms with van der Waals surface area (Å²) >= 11 is 0. The molecule has 3 saturated heterocycles. The molecule has 2 unspecified atom stereocenters. The molecule has 3 fully saturated rings. The molecule has 6 atom stereocenters. The quantitative estimate of drug-likeness (QED) is 0.737. The van der Waals surface area contributed by atoms with Crippen molar-refractivity contribution in [3.8, 4) is 0 Å². The van der Waals surface area contributed by atoms with Crippen LogP contribution in [0.4, 0.5) is 4.39 Å². The van der Waals surface area contributed by atoms with Crippen LogP contribution in [0.15, 0.2) is 54.7 Å². The zero-order valence-electron chi connectivity index (χ0n) is 15.4. The van der Waals surface area contributed by atoms with E-state index < -0.39 is 18.1 Å². The van der Waals surface area contributed by atoms with Gasteiger partial charge in [0.05, 0.1) is 30.7 Å². The maximum Gasteiger partial charge on any atom is 0.218 e. The van der Waals surface area contributed by atoms with E-state index in [-0.39, 0.29) is 35.5 Å². The fourth-order valence-corrected chi connectivity index (χ4v) is 5.40. The van der Waals surface area contributed by atoms with Crippen molar-refractivity contribution in [3.63, 3.8) is 0 Å². The normalized spacial score (nSPS) is 34.0. The van der Waals surface area contributed by atoms with E-state index in [9.17, 15) is 14.0 Å². The molecule has 4 aliphatic heterocycles. The van der Waals surface area contributed by atoms with Crippen LogP contribution in [0.3, 0.4) is 0 Å². The Hall–Kier alpha value is -2.83. The van der Waals surface area contributed by atoms with Crippen molar-refractivity contribution in [1.29, 1.82) is 0 Å². The van der Waals surface area contributed by atoms with Crippen molar-refractivity contribution < 1.29 is 23.5 Å². The number of hydrogen-bond donors (Lipinski definition) is 0. The highest BCUT2D eigenvalue weighted by atomic mass is 19.1. The Bertz CT molecular complexity index is 1050. The number of hydrogen-bond acceptors (Lipinski definition) is 5. The SMILES string of the molecule is O=C1C2OCC(O2)[C@@H]2[C@@H]1[C@@H]1c3ccccc3C=CN1[C@H]2C(=O)c1ccc(F)cc1. The van der Waals surface area contributed by atoms with Gasteiger partial charge in [-0.3, -0.25) is 9.59 Å². The predicted molar refractivity (Wildman–Crippen MR) is 101 cm³/mol. The number of carbonyl (C=O) groups excluding carboxylic acids is 2. The molecule has 0 amide bonds. The molecular formula is C23H18FNO4. The van der Waals surface area contributed by atoms with Crippen molar-refractivity contribution in [2.45, 2.75) is 24.5 Å². The minimum Gasteiger partial charge on any atom is -0.359 e. The Morgan fingerprint density at radius 2 is 1.90 bits per heavy atom. The fraction of sp³-hybridized carbons (Fsp3) is 0.304. The standard InChI is InChI=1S/C23H18FNO4/c24-14-7-5-13(6-8-14)21(26)20-17-16-11-28-23(29-16)22(27)18(17)19-15-4-2-1-3-12(15)9-10-25(19)20/h1-10,16-20,23H,11H2/t16?,17-,18-,19+,20-,23?/m1/s1. The van der Waals surface area contributed by atoms with Crippen LogP contribution in [0.1, 0.15) is 27.5 Å². The summed E-state index contributed by atoms with van der Waals surface area (Å²) in [4.78, 5) is 28.8. The molecular weight excluding hydrogens is 373 g/mol. The van der Waals surface area contributed by atoms with Crippen molar-refractivity contribution in [3.05, 3.63) is 77.2 Å². The number of ketones is 2. The number of fused-ring (bicyclic) bond motifs is 8. The van der Waals surface area contributed by atoms with Crippen LogP contribution in [0.5, 0.6) is 0 Å². The Kier molecular flexibility index (Phi) is 3.58. The second-order valence-electron chi connectivity index (χ2n) is 8.00. The third kappa shape index (κ3) is 2.33. The lowest BCUT2D eigenvalue weighted by molar-refractivity contribution is -0.164. The van der Waals surface area contributed by atoms with Gasteiger partial charge in [0.2, 0.25) is 6.29 Å². The van der Waals surface area contributed by atoms with E-state index in [0.717, 1.165) is 11.1 Å². The molecule has 4 aliphatic rings. The molecule has 2 aromatic carbocycles. The number of benzene rings is 2. The van der Waals surface area contributed by atoms with Crippen LogP contribution in [-0.2, 0) is 14.3 Å². The van der Waals surface area contributed by atoms with Crippen LogP contribution in [-0.4, -0.2) is 41.5 Å². The molecule has 0 saturated carbocycles. The summed E-state index contributed by atoms with van der Waals surface area (Å²) in [7, 11) is 0. The number of carbonyl (C=O) groups is 2. The summed E-state index contributed by atoms with van der Waals surface area (Å²) in [5, 5.41) is 0. The average Bonchev–Trinajstić information content (AvgIpc) is 3.33. The maximum atomic E-state index is 13.6. The van der Waals surface area contributed by atoms with E-state index in [1.54, 1.807) is 0 Å². The first kappa shape index (κ1) is 17.1. The van der Waals surface area contributed by atoms with Gasteiger partial charge in [-0.2, -0.15) is 0 Å². The molecule has 0 spiro atoms. The molecule has 0 aromatic heterocycles. The summed E-state index contributed by atoms with van der Waals surface area (Å²) in [5.74, 6) is -1.33. The number of nitrogens with zero attached hydrogens (tertiary/aromatic N) is 1. The first-order valence-corrected chi connectivity index (χ1v) is 9.78. The highest BCUT2D eigenvalue weighted by molar-refractivity contribution is 6.02. The lowest BCUT2D eigenvalue weighted by Gasteiger charge is -2.34. The van der Waals surface area contributed by atoms with E-state index in [4.69, 9.17) is 9.47 Å². The third-order valence-corrected chi connectivity index (χ3v) is 6.60. The molecule has 0 aliphatic carbocycles. The van der Waals surface area contributed by atoms with Gasteiger partial charge in [0.15, 0.2) is 11.6 Å². The Balaban J connectivity index is 1.50. The number of halogens is 1. The van der Waals surface area contributed by atoms with Gasteiger partial charge >= 0.3 is 0 Å². The molecule has 2 aromatic rings. The van der Waals surface area contributed by atoms with Gasteiger partial charge in [-0.15, -0.1) is 0 Å². The van der Waals surface area contributed by atoms with Crippen LogP contribution in [0, 0.1) is 17.7 Å². The van der Waals surface area contributed by atoms with E-state index >= 15 is 0 Å². The molecule has 6 rings (SSSR count). The molecule has 146 valence electrons. The zero-order valence-corrected chi connectivity index (χ0v) is 15.4. The predicted octanol–water partition coefficient (Wildman–Crippen LogP) is 2.97. The van der Waals surface area contributed by atoms with Crippen LogP contribution in [0.25, 0.3) is 6.08 Å². The van der Waals surface area contributed by atoms with E-state index in [0.29, 0.717) is 12.2 Å². The first-order chi connectivity index (χ1) is 14.1. The van der Waals surface area contributed by atoms with Gasteiger partial charge in [-0.25, -0.2) is 4.39 Å². The summed E-state index contributed by atoms with van der Waals surface area (Å²) in [5.41, 5.74) is 2.51. The van der Waals surface area contributed by atoms with Crippen molar-refractivity contribution >= 4 is 17.6 Å². The van der Waals surface area contributed by atoms with Crippen molar-refractivity contribution in [2.24, 2.45) is 11.8 Å². The van der Waals surface area contributed by atoms with Crippen LogP contribution >= 0.6 is 0 Å². The van der Waals surface area contributed by atoms with E-state index in [2.05, 4.69) is 0 Å². The Morgan fingerprint density at radius 1 is 1.10 bits per heavy atom. The van der Waals surface area contributed by atoms with Crippen LogP contribution < -0.4 is 0 Å². The largest absolute Gasteiger partial charge is 0.359 e. The fourth-order valence-electron chi connectivity index (χ4n) is 5.40. The molecule has 0 N–H and O–H groups in total. The number of Topliss-reactive ketones (excluding diaryl/α,β-unsaturated/α-hetero) is 2. The van der Waals surface area contributed by atoms with Crippen LogP contribution in [0.2, 0.25) is 0 Å². The molecule has 0 radical (unpaired) electrons. The summed E-state index contributed by atoms with van der Waals surface area (Å²) in [6.07, 6.45) is 2.73. The molecule has 2 bridgehead atoms. The molecule has 29 heavy (non-hydrogen) atoms. The summed E-state index contributed by atoms with van der Waals surface area (Å²) < 4.78 is 24.8. The average molecular weight is 391 g/mol. The van der Waals surface area contributed by atoms with E-state index in [1.165, 1.54) is 24.3 Å². The highest BCUT2D eigenvalue weighted by Gasteiger charge is 2.63. The second kappa shape index (κ2) is 6.08. The lowest BCUT2D eigenvalue weighted by Crippen LogP contribution is -2.48. The molecule has 6 heteroatoms. The van der Waals surface area contributed by atoms with Gasteiger partial charge < -0.3 is 14.4 Å². The first-order valence-electron chi connectivity index (χ1n) is 9.78. The van der Waals surface area contributed by atoms with Gasteiger partial charge in [0, 0.05) is 17.7 Å². The smallest absolute Gasteiger partial charge is 0.218 e. The monoisotopic (exact) mass is 391 g/mol. The summed E-state index contributed by atoms with van der Waals surface area (Å²) in [6, 6.07) is 12.7.